The molecular weight excluding hydrogens is 544 g/mol. The molecule has 7 aromatic carbocycles. The molecule has 0 bridgehead atoms. The zero-order chi connectivity index (χ0) is 29.5. The molecule has 0 spiro atoms. The van der Waals surface area contributed by atoms with Crippen molar-refractivity contribution in [1.29, 1.82) is 0 Å². The Bertz CT molecular complexity index is 2620. The highest BCUT2D eigenvalue weighted by Crippen LogP contribution is 2.41. The lowest BCUT2D eigenvalue weighted by Gasteiger charge is -2.12. The molecule has 9 aromatic rings. The van der Waals surface area contributed by atoms with Gasteiger partial charge in [0, 0.05) is 32.9 Å². The first-order chi connectivity index (χ1) is 22.3. The maximum Gasteiger partial charge on any atom is 0.0547 e. The third-order valence-electron chi connectivity index (χ3n) is 9.73. The van der Waals surface area contributed by atoms with Crippen molar-refractivity contribution in [3.05, 3.63) is 169 Å². The fraction of sp³-hybridized carbons (Fsp3) is 0.0233. The van der Waals surface area contributed by atoms with E-state index < -0.39 is 0 Å². The molecule has 2 aromatic heterocycles. The molecule has 0 saturated heterocycles. The van der Waals surface area contributed by atoms with E-state index in [0.717, 1.165) is 6.42 Å². The van der Waals surface area contributed by atoms with Crippen LogP contribution in [0.25, 0.3) is 77.2 Å². The van der Waals surface area contributed by atoms with Crippen molar-refractivity contribution in [1.82, 2.24) is 9.13 Å². The van der Waals surface area contributed by atoms with Gasteiger partial charge in [-0.05, 0) is 94.4 Å². The van der Waals surface area contributed by atoms with Crippen LogP contribution in [0, 0.1) is 0 Å². The first kappa shape index (κ1) is 24.6. The molecule has 0 amide bonds. The normalized spacial score (nSPS) is 12.4. The van der Waals surface area contributed by atoms with Crippen LogP contribution in [-0.4, -0.2) is 9.13 Å². The lowest BCUT2D eigenvalue weighted by atomic mass is 10.0. The van der Waals surface area contributed by atoms with Crippen molar-refractivity contribution >= 4 is 43.6 Å². The van der Waals surface area contributed by atoms with Gasteiger partial charge in [0.1, 0.15) is 0 Å². The van der Waals surface area contributed by atoms with Crippen molar-refractivity contribution in [2.45, 2.75) is 6.42 Å². The van der Waals surface area contributed by atoms with Crippen molar-refractivity contribution in [3.63, 3.8) is 0 Å². The Morgan fingerprint density at radius 1 is 0.333 bits per heavy atom. The average molecular weight is 573 g/mol. The molecular formula is C43H28N2. The number of hydrogen-bond donors (Lipinski definition) is 0. The molecule has 0 atom stereocenters. The SMILES string of the molecule is c1ccc(-n2c3ccccc3c3cc(-c4ccc5c6ccccc6n(-c6ccc7c(c6)-c6ccccc6C7)c5c4)ccc32)cc1. The summed E-state index contributed by atoms with van der Waals surface area (Å²) >= 11 is 0. The van der Waals surface area contributed by atoms with Gasteiger partial charge >= 0.3 is 0 Å². The quantitative estimate of drug-likeness (QED) is 0.199. The maximum absolute atomic E-state index is 2.45. The predicted molar refractivity (Wildman–Crippen MR) is 189 cm³/mol. The van der Waals surface area contributed by atoms with E-state index in [1.807, 2.05) is 0 Å². The number of benzene rings is 7. The Morgan fingerprint density at radius 3 is 1.78 bits per heavy atom. The number of hydrogen-bond acceptors (Lipinski definition) is 0. The van der Waals surface area contributed by atoms with E-state index in [1.165, 1.54) is 88.4 Å². The summed E-state index contributed by atoms with van der Waals surface area (Å²) in [6.07, 6.45) is 1.01. The summed E-state index contributed by atoms with van der Waals surface area (Å²) in [7, 11) is 0. The van der Waals surface area contributed by atoms with E-state index in [2.05, 4.69) is 167 Å². The molecule has 45 heavy (non-hydrogen) atoms. The van der Waals surface area contributed by atoms with Gasteiger partial charge in [0.15, 0.2) is 0 Å². The summed E-state index contributed by atoms with van der Waals surface area (Å²) in [5.41, 5.74) is 15.3. The minimum Gasteiger partial charge on any atom is -0.309 e. The molecule has 0 unspecified atom stereocenters. The molecule has 0 N–H and O–H groups in total. The Kier molecular flexibility index (Phi) is 5.09. The van der Waals surface area contributed by atoms with E-state index in [4.69, 9.17) is 0 Å². The van der Waals surface area contributed by atoms with Crippen LogP contribution in [0.15, 0.2) is 158 Å². The maximum atomic E-state index is 2.45. The van der Waals surface area contributed by atoms with Gasteiger partial charge in [-0.15, -0.1) is 0 Å². The zero-order valence-corrected chi connectivity index (χ0v) is 24.6. The van der Waals surface area contributed by atoms with Gasteiger partial charge in [-0.25, -0.2) is 0 Å². The summed E-state index contributed by atoms with van der Waals surface area (Å²) < 4.78 is 4.83. The molecule has 2 heterocycles. The van der Waals surface area contributed by atoms with Crippen LogP contribution in [0.3, 0.4) is 0 Å². The predicted octanol–water partition coefficient (Wildman–Crippen LogP) is 11.1. The summed E-state index contributed by atoms with van der Waals surface area (Å²) in [6.45, 7) is 0. The van der Waals surface area contributed by atoms with Gasteiger partial charge in [0.25, 0.3) is 0 Å². The standard InChI is InChI=1S/C43H28N2/c1-2-11-32(12-3-1)44-41-17-9-7-15-36(41)39-25-28(20-23-42(39)44)29-19-22-37-35-14-6-8-16-40(35)45(43(37)26-29)33-21-18-31-24-30-10-4-5-13-34(30)38(31)27-33/h1-23,25-27H,24H2. The Hall–Kier alpha value is -5.86. The second-order valence-electron chi connectivity index (χ2n) is 12.2. The van der Waals surface area contributed by atoms with Crippen molar-refractivity contribution in [2.75, 3.05) is 0 Å². The lowest BCUT2D eigenvalue weighted by molar-refractivity contribution is 1.17. The number of fused-ring (bicyclic) bond motifs is 9. The molecule has 0 radical (unpaired) electrons. The highest BCUT2D eigenvalue weighted by atomic mass is 15.0. The number of nitrogens with zero attached hydrogens (tertiary/aromatic N) is 2. The minimum absolute atomic E-state index is 1.01. The highest BCUT2D eigenvalue weighted by molar-refractivity contribution is 6.12. The topological polar surface area (TPSA) is 9.86 Å². The van der Waals surface area contributed by atoms with Crippen molar-refractivity contribution in [2.24, 2.45) is 0 Å². The van der Waals surface area contributed by atoms with Crippen LogP contribution in [-0.2, 0) is 6.42 Å². The molecule has 0 saturated carbocycles. The van der Waals surface area contributed by atoms with Crippen LogP contribution in [0.2, 0.25) is 0 Å². The summed E-state index contributed by atoms with van der Waals surface area (Å²) in [6, 6.07) is 58.0. The van der Waals surface area contributed by atoms with E-state index >= 15 is 0 Å². The molecule has 1 aliphatic rings. The first-order valence-electron chi connectivity index (χ1n) is 15.7. The molecule has 0 fully saturated rings. The van der Waals surface area contributed by atoms with E-state index in [0.29, 0.717) is 0 Å². The molecule has 1 aliphatic carbocycles. The zero-order valence-electron chi connectivity index (χ0n) is 24.6. The van der Waals surface area contributed by atoms with Crippen molar-refractivity contribution in [3.8, 4) is 33.6 Å². The van der Waals surface area contributed by atoms with Gasteiger partial charge < -0.3 is 9.13 Å². The van der Waals surface area contributed by atoms with Gasteiger partial charge in [-0.1, -0.05) is 103 Å². The Labute approximate surface area is 261 Å². The Morgan fingerprint density at radius 2 is 0.933 bits per heavy atom. The second-order valence-corrected chi connectivity index (χ2v) is 12.2. The van der Waals surface area contributed by atoms with Gasteiger partial charge in [-0.3, -0.25) is 0 Å². The summed E-state index contributed by atoms with van der Waals surface area (Å²) in [5.74, 6) is 0. The van der Waals surface area contributed by atoms with Crippen LogP contribution >= 0.6 is 0 Å². The number of aromatic nitrogens is 2. The number of rotatable bonds is 3. The molecule has 10 rings (SSSR count). The number of para-hydroxylation sites is 3. The van der Waals surface area contributed by atoms with E-state index in [9.17, 15) is 0 Å². The fourth-order valence-electron chi connectivity index (χ4n) is 7.69. The second kappa shape index (κ2) is 9.32. The van der Waals surface area contributed by atoms with Gasteiger partial charge in [0.2, 0.25) is 0 Å². The first-order valence-corrected chi connectivity index (χ1v) is 15.7. The van der Waals surface area contributed by atoms with Gasteiger partial charge in [-0.2, -0.15) is 0 Å². The Balaban J connectivity index is 1.19. The molecule has 210 valence electrons. The largest absolute Gasteiger partial charge is 0.309 e. The third-order valence-corrected chi connectivity index (χ3v) is 9.73. The average Bonchev–Trinajstić information content (AvgIpc) is 3.75. The molecule has 0 aliphatic heterocycles. The third kappa shape index (κ3) is 3.57. The monoisotopic (exact) mass is 572 g/mol. The van der Waals surface area contributed by atoms with Crippen LogP contribution < -0.4 is 0 Å². The highest BCUT2D eigenvalue weighted by Gasteiger charge is 2.20. The van der Waals surface area contributed by atoms with Gasteiger partial charge in [0.05, 0.1) is 22.1 Å². The van der Waals surface area contributed by atoms with Crippen LogP contribution in [0.1, 0.15) is 11.1 Å². The smallest absolute Gasteiger partial charge is 0.0547 e. The van der Waals surface area contributed by atoms with E-state index in [-0.39, 0.29) is 0 Å². The molecule has 2 heteroatoms. The van der Waals surface area contributed by atoms with Crippen LogP contribution in [0.5, 0.6) is 0 Å². The van der Waals surface area contributed by atoms with Crippen LogP contribution in [0.4, 0.5) is 0 Å². The molecule has 2 nitrogen and oxygen atoms in total. The lowest BCUT2D eigenvalue weighted by Crippen LogP contribution is -1.95. The summed E-state index contributed by atoms with van der Waals surface area (Å²) in [5, 5.41) is 5.09. The minimum atomic E-state index is 1.01. The summed E-state index contributed by atoms with van der Waals surface area (Å²) in [4.78, 5) is 0. The van der Waals surface area contributed by atoms with E-state index in [1.54, 1.807) is 0 Å². The van der Waals surface area contributed by atoms with Crippen molar-refractivity contribution < 1.29 is 0 Å². The fourth-order valence-corrected chi connectivity index (χ4v) is 7.69.